The molecule has 0 heterocycles. The highest BCUT2D eigenvalue weighted by molar-refractivity contribution is 5.46. The van der Waals surface area contributed by atoms with Gasteiger partial charge in [0, 0.05) is 0 Å². The summed E-state index contributed by atoms with van der Waals surface area (Å²) in [7, 11) is 3.24. The summed E-state index contributed by atoms with van der Waals surface area (Å²) in [6.07, 6.45) is 0.154. The molecular formula is C13H21NO3. The predicted octanol–water partition coefficient (Wildman–Crippen LogP) is 2.13. The molecule has 0 fully saturated rings. The fourth-order valence-electron chi connectivity index (χ4n) is 1.62. The maximum atomic E-state index is 6.11. The Morgan fingerprint density at radius 2 is 1.65 bits per heavy atom. The van der Waals surface area contributed by atoms with Crippen LogP contribution in [0.5, 0.6) is 11.5 Å². The summed E-state index contributed by atoms with van der Waals surface area (Å²) < 4.78 is 16.1. The maximum Gasteiger partial charge on any atom is 0.127 e. The Kier molecular flexibility index (Phi) is 5.25. The molecule has 0 saturated heterocycles. The van der Waals surface area contributed by atoms with Crippen molar-refractivity contribution in [2.24, 2.45) is 5.73 Å². The zero-order chi connectivity index (χ0) is 12.8. The van der Waals surface area contributed by atoms with E-state index < -0.39 is 0 Å². The minimum absolute atomic E-state index is 0.154. The van der Waals surface area contributed by atoms with Crippen molar-refractivity contribution in [1.82, 2.24) is 0 Å². The Morgan fingerprint density at radius 3 is 2.06 bits per heavy atom. The summed E-state index contributed by atoms with van der Waals surface area (Å²) in [4.78, 5) is 0. The van der Waals surface area contributed by atoms with Crippen molar-refractivity contribution in [3.63, 3.8) is 0 Å². The molecule has 0 aliphatic carbocycles. The fraction of sp³-hybridized carbons (Fsp3) is 0.538. The van der Waals surface area contributed by atoms with Crippen molar-refractivity contribution in [2.75, 3.05) is 20.8 Å². The lowest BCUT2D eigenvalue weighted by Crippen LogP contribution is -2.21. The van der Waals surface area contributed by atoms with Gasteiger partial charge in [-0.25, -0.2) is 0 Å². The third-order valence-electron chi connectivity index (χ3n) is 2.45. The summed E-state index contributed by atoms with van der Waals surface area (Å²) in [6.45, 7) is 4.40. The van der Waals surface area contributed by atoms with Gasteiger partial charge >= 0.3 is 0 Å². The molecule has 4 heteroatoms. The van der Waals surface area contributed by atoms with E-state index in [1.54, 1.807) is 14.2 Å². The molecule has 96 valence electrons. The number of rotatable bonds is 6. The van der Waals surface area contributed by atoms with Crippen molar-refractivity contribution in [3.05, 3.63) is 23.8 Å². The van der Waals surface area contributed by atoms with Crippen molar-refractivity contribution < 1.29 is 14.2 Å². The van der Waals surface area contributed by atoms with Crippen molar-refractivity contribution in [3.8, 4) is 11.5 Å². The fourth-order valence-corrected chi connectivity index (χ4v) is 1.62. The van der Waals surface area contributed by atoms with E-state index in [0.29, 0.717) is 6.61 Å². The van der Waals surface area contributed by atoms with Crippen molar-refractivity contribution in [2.45, 2.75) is 26.0 Å². The summed E-state index contributed by atoms with van der Waals surface area (Å²) in [6, 6.07) is 5.35. The molecule has 0 aliphatic heterocycles. The summed E-state index contributed by atoms with van der Waals surface area (Å²) >= 11 is 0. The normalized spacial score (nSPS) is 12.6. The van der Waals surface area contributed by atoms with Gasteiger partial charge in [-0.3, -0.25) is 0 Å². The Hall–Kier alpha value is -1.26. The Bertz CT molecular complexity index is 330. The topological polar surface area (TPSA) is 53.7 Å². The van der Waals surface area contributed by atoms with Crippen LogP contribution < -0.4 is 15.2 Å². The van der Waals surface area contributed by atoms with Gasteiger partial charge in [-0.1, -0.05) is 6.07 Å². The van der Waals surface area contributed by atoms with Crippen LogP contribution in [0, 0.1) is 0 Å². The van der Waals surface area contributed by atoms with Crippen molar-refractivity contribution >= 4 is 0 Å². The van der Waals surface area contributed by atoms with E-state index in [4.69, 9.17) is 19.9 Å². The minimum Gasteiger partial charge on any atom is -0.496 e. The molecular weight excluding hydrogens is 218 g/mol. The molecule has 0 radical (unpaired) electrons. The standard InChI is InChI=1S/C13H21NO3/c1-9(2)17-8-10(14)13-11(15-3)6-5-7-12(13)16-4/h5-7,9-10H,8,14H2,1-4H3. The van der Waals surface area contributed by atoms with E-state index in [0.717, 1.165) is 17.1 Å². The number of benzene rings is 1. The molecule has 0 bridgehead atoms. The van der Waals surface area contributed by atoms with Crippen LogP contribution in [0.3, 0.4) is 0 Å². The van der Waals surface area contributed by atoms with Crippen LogP contribution >= 0.6 is 0 Å². The average Bonchev–Trinajstić information content (AvgIpc) is 2.34. The summed E-state index contributed by atoms with van der Waals surface area (Å²) in [5, 5.41) is 0. The molecule has 1 unspecified atom stereocenters. The first-order valence-electron chi connectivity index (χ1n) is 5.68. The van der Waals surface area contributed by atoms with Crippen LogP contribution in [-0.2, 0) is 4.74 Å². The minimum atomic E-state index is -0.261. The van der Waals surface area contributed by atoms with Crippen LogP contribution in [0.4, 0.5) is 0 Å². The number of nitrogens with two attached hydrogens (primary N) is 1. The number of methoxy groups -OCH3 is 2. The molecule has 1 atom stereocenters. The molecule has 0 aromatic heterocycles. The Morgan fingerprint density at radius 1 is 1.12 bits per heavy atom. The van der Waals surface area contributed by atoms with E-state index >= 15 is 0 Å². The molecule has 2 N–H and O–H groups in total. The number of hydrogen-bond acceptors (Lipinski definition) is 4. The first-order valence-corrected chi connectivity index (χ1v) is 5.68. The Balaban J connectivity index is 2.92. The molecule has 1 aromatic rings. The first kappa shape index (κ1) is 13.8. The summed E-state index contributed by atoms with van der Waals surface area (Å²) in [5.41, 5.74) is 6.96. The molecule has 1 rings (SSSR count). The van der Waals surface area contributed by atoms with Gasteiger partial charge in [0.15, 0.2) is 0 Å². The molecule has 1 aromatic carbocycles. The number of hydrogen-bond donors (Lipinski definition) is 1. The van der Waals surface area contributed by atoms with E-state index in [1.807, 2.05) is 32.0 Å². The molecule has 0 amide bonds. The lowest BCUT2D eigenvalue weighted by molar-refractivity contribution is 0.0674. The monoisotopic (exact) mass is 239 g/mol. The van der Waals surface area contributed by atoms with Crippen LogP contribution in [0.1, 0.15) is 25.5 Å². The first-order chi connectivity index (χ1) is 8.10. The van der Waals surface area contributed by atoms with Gasteiger partial charge < -0.3 is 19.9 Å². The molecule has 0 saturated carbocycles. The van der Waals surface area contributed by atoms with Gasteiger partial charge in [0.25, 0.3) is 0 Å². The second-order valence-corrected chi connectivity index (χ2v) is 4.06. The van der Waals surface area contributed by atoms with Crippen LogP contribution in [-0.4, -0.2) is 26.9 Å². The molecule has 0 aliphatic rings. The third-order valence-corrected chi connectivity index (χ3v) is 2.45. The molecule has 0 spiro atoms. The average molecular weight is 239 g/mol. The molecule has 17 heavy (non-hydrogen) atoms. The highest BCUT2D eigenvalue weighted by atomic mass is 16.5. The third kappa shape index (κ3) is 3.61. The van der Waals surface area contributed by atoms with Crippen molar-refractivity contribution in [1.29, 1.82) is 0 Å². The van der Waals surface area contributed by atoms with Gasteiger partial charge in [0.1, 0.15) is 11.5 Å². The lowest BCUT2D eigenvalue weighted by Gasteiger charge is -2.19. The molecule has 4 nitrogen and oxygen atoms in total. The van der Waals surface area contributed by atoms with Gasteiger partial charge in [0.05, 0.1) is 38.5 Å². The van der Waals surface area contributed by atoms with E-state index in [2.05, 4.69) is 0 Å². The quantitative estimate of drug-likeness (QED) is 0.826. The maximum absolute atomic E-state index is 6.11. The largest absolute Gasteiger partial charge is 0.496 e. The zero-order valence-corrected chi connectivity index (χ0v) is 10.9. The highest BCUT2D eigenvalue weighted by Gasteiger charge is 2.17. The zero-order valence-electron chi connectivity index (χ0n) is 10.9. The SMILES string of the molecule is COc1cccc(OC)c1C(N)COC(C)C. The smallest absolute Gasteiger partial charge is 0.127 e. The van der Waals surface area contributed by atoms with Crippen LogP contribution in [0.2, 0.25) is 0 Å². The lowest BCUT2D eigenvalue weighted by atomic mass is 10.1. The van der Waals surface area contributed by atoms with Crippen LogP contribution in [0.15, 0.2) is 18.2 Å². The predicted molar refractivity (Wildman–Crippen MR) is 67.6 cm³/mol. The van der Waals surface area contributed by atoms with Gasteiger partial charge in [-0.15, -0.1) is 0 Å². The summed E-state index contributed by atoms with van der Waals surface area (Å²) in [5.74, 6) is 1.45. The van der Waals surface area contributed by atoms with Gasteiger partial charge in [-0.05, 0) is 26.0 Å². The van der Waals surface area contributed by atoms with Gasteiger partial charge in [-0.2, -0.15) is 0 Å². The Labute approximate surface area is 103 Å². The van der Waals surface area contributed by atoms with E-state index in [1.165, 1.54) is 0 Å². The van der Waals surface area contributed by atoms with Gasteiger partial charge in [0.2, 0.25) is 0 Å². The number of ether oxygens (including phenoxy) is 3. The highest BCUT2D eigenvalue weighted by Crippen LogP contribution is 2.33. The second-order valence-electron chi connectivity index (χ2n) is 4.06. The van der Waals surface area contributed by atoms with Crippen LogP contribution in [0.25, 0.3) is 0 Å². The van der Waals surface area contributed by atoms with E-state index in [9.17, 15) is 0 Å². The van der Waals surface area contributed by atoms with E-state index in [-0.39, 0.29) is 12.1 Å². The second kappa shape index (κ2) is 6.47.